The first-order chi connectivity index (χ1) is 11.6. The van der Waals surface area contributed by atoms with E-state index in [1.807, 2.05) is 0 Å². The van der Waals surface area contributed by atoms with E-state index in [9.17, 15) is 4.79 Å². The molecule has 2 aromatic carbocycles. The smallest absolute Gasteiger partial charge is 0.248 e. The van der Waals surface area contributed by atoms with Crippen LogP contribution < -0.4 is 19.5 Å². The first kappa shape index (κ1) is 17.7. The molecule has 0 saturated carbocycles. The molecule has 0 unspecified atom stereocenters. The minimum absolute atomic E-state index is 0.258. The quantitative estimate of drug-likeness (QED) is 0.802. The Hall–Kier alpha value is -2.66. The lowest BCUT2D eigenvalue weighted by Gasteiger charge is -2.12. The summed E-state index contributed by atoms with van der Waals surface area (Å²) in [6.07, 6.45) is 3.09. The molecule has 24 heavy (non-hydrogen) atoms. The first-order valence-corrected chi connectivity index (χ1v) is 7.49. The lowest BCUT2D eigenvalue weighted by Crippen LogP contribution is -2.07. The van der Waals surface area contributed by atoms with Crippen LogP contribution in [-0.4, -0.2) is 27.2 Å². The zero-order chi connectivity index (χ0) is 17.5. The maximum atomic E-state index is 12.0. The number of carbonyl (C=O) groups excluding carboxylic acids is 1. The van der Waals surface area contributed by atoms with E-state index in [1.165, 1.54) is 27.4 Å². The SMILES string of the molecule is COc1cc(C=CC(=O)Nc2ccc(Cl)cc2)cc(OC)c1OC. The highest BCUT2D eigenvalue weighted by atomic mass is 35.5. The molecule has 1 N–H and O–H groups in total. The number of nitrogens with one attached hydrogen (secondary N) is 1. The number of benzene rings is 2. The Kier molecular flexibility index (Phi) is 6.09. The van der Waals surface area contributed by atoms with Crippen LogP contribution >= 0.6 is 11.6 Å². The summed E-state index contributed by atoms with van der Waals surface area (Å²) in [7, 11) is 4.62. The summed E-state index contributed by atoms with van der Waals surface area (Å²) in [6.45, 7) is 0. The summed E-state index contributed by atoms with van der Waals surface area (Å²) in [5.41, 5.74) is 1.41. The third kappa shape index (κ3) is 4.43. The van der Waals surface area contributed by atoms with Crippen molar-refractivity contribution in [3.8, 4) is 17.2 Å². The second-order valence-electron chi connectivity index (χ2n) is 4.79. The van der Waals surface area contributed by atoms with Gasteiger partial charge in [-0.25, -0.2) is 0 Å². The van der Waals surface area contributed by atoms with Gasteiger partial charge in [-0.3, -0.25) is 4.79 Å². The van der Waals surface area contributed by atoms with Gasteiger partial charge < -0.3 is 19.5 Å². The molecule has 5 nitrogen and oxygen atoms in total. The second-order valence-corrected chi connectivity index (χ2v) is 5.22. The van der Waals surface area contributed by atoms with E-state index >= 15 is 0 Å². The van der Waals surface area contributed by atoms with Crippen molar-refractivity contribution in [3.05, 3.63) is 53.1 Å². The molecule has 0 heterocycles. The Bertz CT molecular complexity index is 716. The fraction of sp³-hybridized carbons (Fsp3) is 0.167. The Morgan fingerprint density at radius 2 is 1.58 bits per heavy atom. The van der Waals surface area contributed by atoms with Crippen LogP contribution in [0.3, 0.4) is 0 Å². The van der Waals surface area contributed by atoms with Gasteiger partial charge in [0.1, 0.15) is 0 Å². The number of hydrogen-bond donors (Lipinski definition) is 1. The highest BCUT2D eigenvalue weighted by molar-refractivity contribution is 6.30. The minimum atomic E-state index is -0.258. The average molecular weight is 348 g/mol. The Morgan fingerprint density at radius 1 is 1.00 bits per heavy atom. The van der Waals surface area contributed by atoms with Crippen LogP contribution in [-0.2, 0) is 4.79 Å². The largest absolute Gasteiger partial charge is 0.493 e. The van der Waals surface area contributed by atoms with Crippen molar-refractivity contribution in [2.75, 3.05) is 26.6 Å². The van der Waals surface area contributed by atoms with Gasteiger partial charge in [0.25, 0.3) is 0 Å². The van der Waals surface area contributed by atoms with Crippen molar-refractivity contribution >= 4 is 29.3 Å². The van der Waals surface area contributed by atoms with E-state index in [2.05, 4.69) is 5.32 Å². The zero-order valence-electron chi connectivity index (χ0n) is 13.6. The third-order valence-corrected chi connectivity index (χ3v) is 3.48. The molecule has 6 heteroatoms. The van der Waals surface area contributed by atoms with Crippen molar-refractivity contribution < 1.29 is 19.0 Å². The van der Waals surface area contributed by atoms with E-state index < -0.39 is 0 Å². The minimum Gasteiger partial charge on any atom is -0.493 e. The second kappa shape index (κ2) is 8.26. The van der Waals surface area contributed by atoms with Crippen LogP contribution in [0.1, 0.15) is 5.56 Å². The fourth-order valence-corrected chi connectivity index (χ4v) is 2.21. The van der Waals surface area contributed by atoms with Crippen LogP contribution in [0.15, 0.2) is 42.5 Å². The normalized spacial score (nSPS) is 10.5. The third-order valence-electron chi connectivity index (χ3n) is 3.23. The number of methoxy groups -OCH3 is 3. The molecule has 0 fully saturated rings. The topological polar surface area (TPSA) is 56.8 Å². The number of hydrogen-bond acceptors (Lipinski definition) is 4. The van der Waals surface area contributed by atoms with Crippen LogP contribution in [0.5, 0.6) is 17.2 Å². The molecule has 0 atom stereocenters. The van der Waals surface area contributed by atoms with Gasteiger partial charge in [0, 0.05) is 16.8 Å². The lowest BCUT2D eigenvalue weighted by atomic mass is 10.1. The number of carbonyl (C=O) groups is 1. The van der Waals surface area contributed by atoms with Gasteiger partial charge in [0.05, 0.1) is 21.3 Å². The maximum absolute atomic E-state index is 12.0. The summed E-state index contributed by atoms with van der Waals surface area (Å²) in [4.78, 5) is 12.0. The van der Waals surface area contributed by atoms with Crippen molar-refractivity contribution in [2.24, 2.45) is 0 Å². The summed E-state index contributed by atoms with van der Waals surface area (Å²) in [5.74, 6) is 1.29. The van der Waals surface area contributed by atoms with Crippen molar-refractivity contribution in [3.63, 3.8) is 0 Å². The van der Waals surface area contributed by atoms with Gasteiger partial charge in [-0.05, 0) is 48.0 Å². The first-order valence-electron chi connectivity index (χ1n) is 7.12. The number of ether oxygens (including phenoxy) is 3. The fourth-order valence-electron chi connectivity index (χ4n) is 2.09. The van der Waals surface area contributed by atoms with Gasteiger partial charge in [0.2, 0.25) is 11.7 Å². The molecule has 0 spiro atoms. The molecular weight excluding hydrogens is 330 g/mol. The Labute approximate surface area is 145 Å². The molecule has 2 aromatic rings. The van der Waals surface area contributed by atoms with Gasteiger partial charge in [-0.2, -0.15) is 0 Å². The molecule has 0 aliphatic heterocycles. The zero-order valence-corrected chi connectivity index (χ0v) is 14.4. The Morgan fingerprint density at radius 3 is 2.08 bits per heavy atom. The van der Waals surface area contributed by atoms with Crippen molar-refractivity contribution in [2.45, 2.75) is 0 Å². The van der Waals surface area contributed by atoms with Crippen molar-refractivity contribution in [1.29, 1.82) is 0 Å². The van der Waals surface area contributed by atoms with E-state index in [-0.39, 0.29) is 5.91 Å². The predicted molar refractivity (Wildman–Crippen MR) is 95.2 cm³/mol. The average Bonchev–Trinajstić information content (AvgIpc) is 2.60. The summed E-state index contributed by atoms with van der Waals surface area (Å²) in [6, 6.07) is 10.4. The van der Waals surface area contributed by atoms with Gasteiger partial charge >= 0.3 is 0 Å². The van der Waals surface area contributed by atoms with Crippen LogP contribution in [0.25, 0.3) is 6.08 Å². The molecule has 0 aliphatic carbocycles. The monoisotopic (exact) mass is 347 g/mol. The molecule has 1 amide bonds. The highest BCUT2D eigenvalue weighted by Gasteiger charge is 2.12. The highest BCUT2D eigenvalue weighted by Crippen LogP contribution is 2.38. The maximum Gasteiger partial charge on any atom is 0.248 e. The summed E-state index contributed by atoms with van der Waals surface area (Å²) >= 11 is 5.81. The number of anilines is 1. The molecule has 0 saturated heterocycles. The Balaban J connectivity index is 2.15. The molecular formula is C18H18ClNO4. The number of rotatable bonds is 6. The van der Waals surface area contributed by atoms with Crippen LogP contribution in [0.4, 0.5) is 5.69 Å². The van der Waals surface area contributed by atoms with Gasteiger partial charge in [-0.1, -0.05) is 11.6 Å². The summed E-state index contributed by atoms with van der Waals surface area (Å²) in [5, 5.41) is 3.36. The standard InChI is InChI=1S/C18H18ClNO4/c1-22-15-10-12(11-16(23-2)18(15)24-3)4-9-17(21)20-14-7-5-13(19)6-8-14/h4-11H,1-3H3,(H,20,21). The van der Waals surface area contributed by atoms with Gasteiger partial charge in [-0.15, -0.1) is 0 Å². The number of amides is 1. The molecule has 0 aliphatic rings. The van der Waals surface area contributed by atoms with Gasteiger partial charge in [0.15, 0.2) is 11.5 Å². The molecule has 0 radical (unpaired) electrons. The van der Waals surface area contributed by atoms with E-state index in [4.69, 9.17) is 25.8 Å². The van der Waals surface area contributed by atoms with E-state index in [1.54, 1.807) is 42.5 Å². The molecule has 2 rings (SSSR count). The van der Waals surface area contributed by atoms with E-state index in [0.717, 1.165) is 5.56 Å². The van der Waals surface area contributed by atoms with Crippen LogP contribution in [0.2, 0.25) is 5.02 Å². The predicted octanol–water partition coefficient (Wildman–Crippen LogP) is 4.02. The van der Waals surface area contributed by atoms with Crippen molar-refractivity contribution in [1.82, 2.24) is 0 Å². The lowest BCUT2D eigenvalue weighted by molar-refractivity contribution is -0.111. The number of halogens is 1. The summed E-state index contributed by atoms with van der Waals surface area (Å²) < 4.78 is 15.8. The van der Waals surface area contributed by atoms with E-state index in [0.29, 0.717) is 28.0 Å². The molecule has 0 aromatic heterocycles. The molecule has 0 bridgehead atoms. The molecule has 126 valence electrons. The van der Waals surface area contributed by atoms with Crippen LogP contribution in [0, 0.1) is 0 Å².